The zero-order valence-electron chi connectivity index (χ0n) is 8.93. The van der Waals surface area contributed by atoms with Crippen molar-refractivity contribution in [3.05, 3.63) is 22.8 Å². The van der Waals surface area contributed by atoms with Crippen molar-refractivity contribution in [3.63, 3.8) is 0 Å². The summed E-state index contributed by atoms with van der Waals surface area (Å²) in [5.74, 6) is -0.547. The summed E-state index contributed by atoms with van der Waals surface area (Å²) in [6, 6.07) is 5.22. The van der Waals surface area contributed by atoms with E-state index in [0.717, 1.165) is 0 Å². The Hall–Kier alpha value is -1.80. The van der Waals surface area contributed by atoms with Crippen LogP contribution in [0.1, 0.15) is 12.1 Å². The molecule has 1 aliphatic rings. The van der Waals surface area contributed by atoms with Gasteiger partial charge in [-0.05, 0) is 18.6 Å². The molecular formula is C11H10ClN3O2. The molecule has 0 aromatic carbocycles. The summed E-state index contributed by atoms with van der Waals surface area (Å²) in [5, 5.41) is 18.0. The number of carboxylic acids is 1. The lowest BCUT2D eigenvalue weighted by Crippen LogP contribution is -2.23. The van der Waals surface area contributed by atoms with Crippen LogP contribution < -0.4 is 4.90 Å². The lowest BCUT2D eigenvalue weighted by molar-refractivity contribution is -0.140. The third kappa shape index (κ3) is 2.32. The van der Waals surface area contributed by atoms with Crippen LogP contribution in [-0.2, 0) is 4.79 Å². The van der Waals surface area contributed by atoms with Crippen LogP contribution in [0, 0.1) is 17.2 Å². The average Bonchev–Trinajstić information content (AvgIpc) is 2.79. The van der Waals surface area contributed by atoms with Crippen molar-refractivity contribution in [2.24, 2.45) is 5.92 Å². The molecule has 0 amide bonds. The maximum Gasteiger partial charge on any atom is 0.308 e. The number of hydrogen-bond donors (Lipinski definition) is 1. The van der Waals surface area contributed by atoms with Crippen molar-refractivity contribution < 1.29 is 9.90 Å². The number of aromatic nitrogens is 1. The smallest absolute Gasteiger partial charge is 0.308 e. The zero-order valence-corrected chi connectivity index (χ0v) is 9.68. The van der Waals surface area contributed by atoms with E-state index in [0.29, 0.717) is 30.4 Å². The van der Waals surface area contributed by atoms with Gasteiger partial charge in [0.1, 0.15) is 11.9 Å². The van der Waals surface area contributed by atoms with E-state index in [4.69, 9.17) is 22.0 Å². The summed E-state index contributed by atoms with van der Waals surface area (Å²) in [5.41, 5.74) is 0.169. The Bertz CT molecular complexity index is 498. The van der Waals surface area contributed by atoms with Crippen molar-refractivity contribution in [3.8, 4) is 6.07 Å². The molecule has 1 unspecified atom stereocenters. The van der Waals surface area contributed by atoms with Crippen molar-refractivity contribution in [1.82, 2.24) is 4.98 Å². The van der Waals surface area contributed by atoms with Gasteiger partial charge in [-0.3, -0.25) is 4.79 Å². The highest BCUT2D eigenvalue weighted by Gasteiger charge is 2.28. The first-order valence-electron chi connectivity index (χ1n) is 5.16. The predicted octanol–water partition coefficient (Wildman–Crippen LogP) is 1.52. The fraction of sp³-hybridized carbons (Fsp3) is 0.364. The number of halogens is 1. The second-order valence-electron chi connectivity index (χ2n) is 3.88. The van der Waals surface area contributed by atoms with Crippen LogP contribution in [0.15, 0.2) is 12.1 Å². The molecule has 6 heteroatoms. The van der Waals surface area contributed by atoms with Gasteiger partial charge < -0.3 is 10.0 Å². The van der Waals surface area contributed by atoms with Crippen LogP contribution in [0.2, 0.25) is 5.02 Å². The zero-order chi connectivity index (χ0) is 12.4. The van der Waals surface area contributed by atoms with Gasteiger partial charge in [0.25, 0.3) is 0 Å². The van der Waals surface area contributed by atoms with Crippen LogP contribution in [-0.4, -0.2) is 29.1 Å². The van der Waals surface area contributed by atoms with E-state index >= 15 is 0 Å². The van der Waals surface area contributed by atoms with E-state index < -0.39 is 5.97 Å². The van der Waals surface area contributed by atoms with Crippen LogP contribution in [0.3, 0.4) is 0 Å². The number of carbonyl (C=O) groups is 1. The van der Waals surface area contributed by atoms with Crippen molar-refractivity contribution in [2.75, 3.05) is 18.0 Å². The van der Waals surface area contributed by atoms with E-state index in [2.05, 4.69) is 4.98 Å². The second kappa shape index (κ2) is 4.60. The molecule has 0 spiro atoms. The summed E-state index contributed by atoms with van der Waals surface area (Å²) >= 11 is 5.78. The molecular weight excluding hydrogens is 242 g/mol. The van der Waals surface area contributed by atoms with Gasteiger partial charge in [-0.2, -0.15) is 5.26 Å². The Morgan fingerprint density at radius 1 is 1.65 bits per heavy atom. The number of nitriles is 1. The molecule has 1 atom stereocenters. The van der Waals surface area contributed by atoms with Gasteiger partial charge in [-0.25, -0.2) is 4.98 Å². The van der Waals surface area contributed by atoms with Crippen molar-refractivity contribution in [1.29, 1.82) is 5.26 Å². The minimum Gasteiger partial charge on any atom is -0.481 e. The van der Waals surface area contributed by atoms with Crippen molar-refractivity contribution >= 4 is 23.4 Å². The largest absolute Gasteiger partial charge is 0.481 e. The molecule has 1 fully saturated rings. The lowest BCUT2D eigenvalue weighted by Gasteiger charge is -2.16. The first-order valence-corrected chi connectivity index (χ1v) is 5.54. The van der Waals surface area contributed by atoms with Crippen LogP contribution >= 0.6 is 11.6 Å². The highest BCUT2D eigenvalue weighted by Crippen LogP contribution is 2.24. The average molecular weight is 252 g/mol. The van der Waals surface area contributed by atoms with Gasteiger partial charge in [0, 0.05) is 13.1 Å². The van der Waals surface area contributed by atoms with Crippen LogP contribution in [0.5, 0.6) is 0 Å². The third-order valence-corrected chi connectivity index (χ3v) is 3.10. The van der Waals surface area contributed by atoms with Gasteiger partial charge in [-0.1, -0.05) is 11.6 Å². The summed E-state index contributed by atoms with van der Waals surface area (Å²) in [6.45, 7) is 1.06. The summed E-state index contributed by atoms with van der Waals surface area (Å²) in [6.07, 6.45) is 0.599. The second-order valence-corrected chi connectivity index (χ2v) is 4.29. The van der Waals surface area contributed by atoms with Crippen LogP contribution in [0.25, 0.3) is 0 Å². The van der Waals surface area contributed by atoms with E-state index in [1.165, 1.54) is 0 Å². The molecule has 0 saturated carbocycles. The van der Waals surface area contributed by atoms with Gasteiger partial charge in [0.15, 0.2) is 5.69 Å². The molecule has 1 aliphatic heterocycles. The number of pyridine rings is 1. The fourth-order valence-electron chi connectivity index (χ4n) is 1.86. The molecule has 1 aromatic rings. The molecule has 1 saturated heterocycles. The number of carboxylic acid groups (broad SMARTS) is 1. The molecule has 2 rings (SSSR count). The topological polar surface area (TPSA) is 77.2 Å². The Labute approximate surface area is 103 Å². The molecule has 17 heavy (non-hydrogen) atoms. The lowest BCUT2D eigenvalue weighted by atomic mass is 10.1. The predicted molar refractivity (Wildman–Crippen MR) is 61.9 cm³/mol. The van der Waals surface area contributed by atoms with Gasteiger partial charge >= 0.3 is 5.97 Å². The van der Waals surface area contributed by atoms with E-state index in [1.54, 1.807) is 12.1 Å². The van der Waals surface area contributed by atoms with E-state index in [9.17, 15) is 4.79 Å². The molecule has 2 heterocycles. The quantitative estimate of drug-likeness (QED) is 0.862. The minimum atomic E-state index is -0.790. The number of rotatable bonds is 2. The van der Waals surface area contributed by atoms with Crippen LogP contribution in [0.4, 0.5) is 5.82 Å². The molecule has 1 aromatic heterocycles. The Morgan fingerprint density at radius 3 is 3.00 bits per heavy atom. The monoisotopic (exact) mass is 251 g/mol. The van der Waals surface area contributed by atoms with Gasteiger partial charge in [0.2, 0.25) is 0 Å². The Balaban J connectivity index is 2.20. The Morgan fingerprint density at radius 2 is 2.41 bits per heavy atom. The van der Waals surface area contributed by atoms with Crippen molar-refractivity contribution in [2.45, 2.75) is 6.42 Å². The summed E-state index contributed by atoms with van der Waals surface area (Å²) in [4.78, 5) is 16.8. The standard InChI is InChI=1S/C11H10ClN3O2/c12-8-1-2-10(14-9(8)5-13)15-4-3-7(6-15)11(16)17/h1-2,7H,3-4,6H2,(H,16,17). The third-order valence-electron chi connectivity index (χ3n) is 2.80. The molecule has 5 nitrogen and oxygen atoms in total. The molecule has 0 bridgehead atoms. The van der Waals surface area contributed by atoms with E-state index in [1.807, 2.05) is 11.0 Å². The summed E-state index contributed by atoms with van der Waals surface area (Å²) in [7, 11) is 0. The van der Waals surface area contributed by atoms with E-state index in [-0.39, 0.29) is 11.6 Å². The Kier molecular flexibility index (Phi) is 3.16. The molecule has 0 aliphatic carbocycles. The molecule has 0 radical (unpaired) electrons. The van der Waals surface area contributed by atoms with Gasteiger partial charge in [-0.15, -0.1) is 0 Å². The van der Waals surface area contributed by atoms with Gasteiger partial charge in [0.05, 0.1) is 10.9 Å². The first kappa shape index (κ1) is 11.7. The number of anilines is 1. The maximum absolute atomic E-state index is 10.8. The first-order chi connectivity index (χ1) is 8.11. The molecule has 88 valence electrons. The normalized spacial score (nSPS) is 19.1. The molecule has 1 N–H and O–H groups in total. The number of aliphatic carboxylic acids is 1. The number of hydrogen-bond acceptors (Lipinski definition) is 4. The fourth-order valence-corrected chi connectivity index (χ4v) is 2.00. The summed E-state index contributed by atoms with van der Waals surface area (Å²) < 4.78 is 0. The number of nitrogens with zero attached hydrogens (tertiary/aromatic N) is 3. The highest BCUT2D eigenvalue weighted by molar-refractivity contribution is 6.31. The SMILES string of the molecule is N#Cc1nc(N2CCC(C(=O)O)C2)ccc1Cl. The highest BCUT2D eigenvalue weighted by atomic mass is 35.5. The minimum absolute atomic E-state index is 0.169. The maximum atomic E-state index is 10.8.